The van der Waals surface area contributed by atoms with Crippen LogP contribution >= 0.6 is 22.6 Å². The van der Waals surface area contributed by atoms with Gasteiger partial charge in [-0.1, -0.05) is 0 Å². The summed E-state index contributed by atoms with van der Waals surface area (Å²) in [5.41, 5.74) is 1.11. The molecule has 33 heavy (non-hydrogen) atoms. The quantitative estimate of drug-likeness (QED) is 0.428. The summed E-state index contributed by atoms with van der Waals surface area (Å²) in [6.07, 6.45) is -0.716. The van der Waals surface area contributed by atoms with Gasteiger partial charge < -0.3 is 19.1 Å². The van der Waals surface area contributed by atoms with Crippen molar-refractivity contribution in [2.24, 2.45) is 0 Å². The van der Waals surface area contributed by atoms with Crippen LogP contribution in [0.3, 0.4) is 0 Å². The lowest BCUT2D eigenvalue weighted by Crippen LogP contribution is -2.40. The summed E-state index contributed by atoms with van der Waals surface area (Å²) in [6, 6.07) is 4.78. The summed E-state index contributed by atoms with van der Waals surface area (Å²) < 4.78 is 46.3. The second-order valence-corrected chi connectivity index (χ2v) is 10.4. The van der Waals surface area contributed by atoms with E-state index in [-0.39, 0.29) is 18.2 Å². The fourth-order valence-electron chi connectivity index (χ4n) is 4.08. The number of hydrogen-bond acceptors (Lipinski definition) is 5. The van der Waals surface area contributed by atoms with Crippen molar-refractivity contribution < 1.29 is 27.8 Å². The molecule has 2 aliphatic heterocycles. The van der Waals surface area contributed by atoms with Gasteiger partial charge in [-0.05, 0) is 74.4 Å². The van der Waals surface area contributed by atoms with Crippen LogP contribution < -0.4 is 4.74 Å². The fourth-order valence-corrected chi connectivity index (χ4v) is 4.65. The molecular weight excluding hydrogens is 547 g/mol. The van der Waals surface area contributed by atoms with E-state index in [2.05, 4.69) is 0 Å². The van der Waals surface area contributed by atoms with E-state index >= 15 is 0 Å². The molecule has 10 heteroatoms. The van der Waals surface area contributed by atoms with E-state index in [1.807, 2.05) is 48.0 Å². The molecule has 1 aromatic carbocycles. The SMILES string of the molecule is CC(C)(C)OC(=O)N1CCc2c(c(Oc3ccc(I)c(C(F)F)c3)nn2C2CCOCC2)C1. The van der Waals surface area contributed by atoms with Crippen LogP contribution in [0, 0.1) is 3.57 Å². The Morgan fingerprint density at radius 3 is 2.67 bits per heavy atom. The number of hydrogen-bond donors (Lipinski definition) is 0. The minimum atomic E-state index is -2.60. The molecule has 1 fully saturated rings. The van der Waals surface area contributed by atoms with Crippen molar-refractivity contribution in [3.8, 4) is 11.6 Å². The summed E-state index contributed by atoms with van der Waals surface area (Å²) in [6.45, 7) is 7.60. The van der Waals surface area contributed by atoms with E-state index in [1.54, 1.807) is 17.0 Å². The van der Waals surface area contributed by atoms with E-state index in [4.69, 9.17) is 19.3 Å². The van der Waals surface area contributed by atoms with Crippen molar-refractivity contribution in [3.05, 3.63) is 38.6 Å². The molecule has 3 heterocycles. The first-order valence-electron chi connectivity index (χ1n) is 11.0. The summed E-state index contributed by atoms with van der Waals surface area (Å²) >= 11 is 1.89. The second kappa shape index (κ2) is 9.73. The van der Waals surface area contributed by atoms with E-state index < -0.39 is 18.1 Å². The number of ether oxygens (including phenoxy) is 3. The van der Waals surface area contributed by atoms with Gasteiger partial charge in [-0.3, -0.25) is 4.68 Å². The zero-order valence-corrected chi connectivity index (χ0v) is 21.1. The molecule has 1 aromatic heterocycles. The number of aromatic nitrogens is 2. The molecule has 0 spiro atoms. The Morgan fingerprint density at radius 2 is 2.00 bits per heavy atom. The van der Waals surface area contributed by atoms with Crippen LogP contribution in [0.2, 0.25) is 0 Å². The van der Waals surface area contributed by atoms with Crippen LogP contribution in [0.5, 0.6) is 11.6 Å². The van der Waals surface area contributed by atoms with Gasteiger partial charge in [0.15, 0.2) is 0 Å². The maximum Gasteiger partial charge on any atom is 0.410 e. The van der Waals surface area contributed by atoms with Crippen LogP contribution in [0.25, 0.3) is 0 Å². The average Bonchev–Trinajstić information content (AvgIpc) is 3.12. The summed E-state index contributed by atoms with van der Waals surface area (Å²) in [7, 11) is 0. The number of benzene rings is 1. The lowest BCUT2D eigenvalue weighted by molar-refractivity contribution is 0.0220. The highest BCUT2D eigenvalue weighted by molar-refractivity contribution is 14.1. The van der Waals surface area contributed by atoms with Gasteiger partial charge in [-0.2, -0.15) is 0 Å². The lowest BCUT2D eigenvalue weighted by atomic mass is 10.1. The third-order valence-electron chi connectivity index (χ3n) is 5.65. The maximum atomic E-state index is 13.4. The summed E-state index contributed by atoms with van der Waals surface area (Å²) in [4.78, 5) is 14.3. The Kier molecular flexibility index (Phi) is 7.13. The van der Waals surface area contributed by atoms with Crippen molar-refractivity contribution in [1.29, 1.82) is 0 Å². The Labute approximate surface area is 205 Å². The highest BCUT2D eigenvalue weighted by Crippen LogP contribution is 2.37. The number of alkyl halides is 2. The molecule has 0 saturated carbocycles. The minimum Gasteiger partial charge on any atom is -0.444 e. The molecule has 2 aliphatic rings. The number of nitrogens with zero attached hydrogens (tertiary/aromatic N) is 3. The zero-order valence-electron chi connectivity index (χ0n) is 18.9. The molecule has 0 N–H and O–H groups in total. The average molecular weight is 575 g/mol. The first-order valence-corrected chi connectivity index (χ1v) is 12.1. The fraction of sp³-hybridized carbons (Fsp3) is 0.565. The Balaban J connectivity index is 1.66. The van der Waals surface area contributed by atoms with E-state index in [0.29, 0.717) is 41.4 Å². The van der Waals surface area contributed by atoms with Gasteiger partial charge in [0.05, 0.1) is 18.2 Å². The van der Waals surface area contributed by atoms with E-state index in [1.165, 1.54) is 6.07 Å². The standard InChI is InChI=1S/C23H28F2IN3O4/c1-23(2,3)33-22(30)28-9-6-19-17(13-28)21(27-29(19)14-7-10-31-11-8-14)32-15-4-5-18(26)16(12-15)20(24)25/h4-5,12,14,20H,6-11,13H2,1-3H3. The number of halogens is 3. The van der Waals surface area contributed by atoms with Gasteiger partial charge in [-0.15, -0.1) is 5.10 Å². The Morgan fingerprint density at radius 1 is 1.27 bits per heavy atom. The van der Waals surface area contributed by atoms with Gasteiger partial charge in [0.2, 0.25) is 5.88 Å². The first-order chi connectivity index (χ1) is 15.6. The second-order valence-electron chi connectivity index (χ2n) is 9.26. The smallest absolute Gasteiger partial charge is 0.410 e. The molecule has 1 saturated heterocycles. The van der Waals surface area contributed by atoms with Gasteiger partial charge in [-0.25, -0.2) is 13.6 Å². The van der Waals surface area contributed by atoms with Crippen LogP contribution in [0.1, 0.15) is 62.9 Å². The van der Waals surface area contributed by atoms with Gasteiger partial charge >= 0.3 is 6.09 Å². The van der Waals surface area contributed by atoms with Crippen molar-refractivity contribution in [1.82, 2.24) is 14.7 Å². The number of fused-ring (bicyclic) bond motifs is 1. The first kappa shape index (κ1) is 24.2. The molecule has 0 aliphatic carbocycles. The highest BCUT2D eigenvalue weighted by atomic mass is 127. The molecular formula is C23H28F2IN3O4. The number of amides is 1. The predicted molar refractivity (Wildman–Crippen MR) is 126 cm³/mol. The Bertz CT molecular complexity index is 1020. The largest absolute Gasteiger partial charge is 0.444 e. The van der Waals surface area contributed by atoms with Crippen molar-refractivity contribution in [2.45, 2.75) is 64.6 Å². The molecule has 0 bridgehead atoms. The molecule has 2 aromatic rings. The van der Waals surface area contributed by atoms with Gasteiger partial charge in [0, 0.05) is 41.0 Å². The molecule has 7 nitrogen and oxygen atoms in total. The molecule has 0 unspecified atom stereocenters. The van der Waals surface area contributed by atoms with E-state index in [9.17, 15) is 13.6 Å². The van der Waals surface area contributed by atoms with Crippen molar-refractivity contribution in [3.63, 3.8) is 0 Å². The normalized spacial score (nSPS) is 17.2. The zero-order chi connectivity index (χ0) is 23.8. The van der Waals surface area contributed by atoms with Crippen LogP contribution in [0.15, 0.2) is 18.2 Å². The third kappa shape index (κ3) is 5.59. The topological polar surface area (TPSA) is 65.8 Å². The van der Waals surface area contributed by atoms with Crippen molar-refractivity contribution in [2.75, 3.05) is 19.8 Å². The lowest BCUT2D eigenvalue weighted by Gasteiger charge is -2.31. The van der Waals surface area contributed by atoms with Crippen LogP contribution in [-0.4, -0.2) is 46.1 Å². The number of carbonyl (C=O) groups is 1. The monoisotopic (exact) mass is 575 g/mol. The molecule has 4 rings (SSSR count). The third-order valence-corrected chi connectivity index (χ3v) is 6.64. The Hall–Kier alpha value is -1.95. The van der Waals surface area contributed by atoms with Gasteiger partial charge in [0.1, 0.15) is 11.4 Å². The summed E-state index contributed by atoms with van der Waals surface area (Å²) in [5, 5.41) is 4.75. The minimum absolute atomic E-state index is 0.0822. The molecule has 0 radical (unpaired) electrons. The van der Waals surface area contributed by atoms with Crippen molar-refractivity contribution >= 4 is 28.7 Å². The number of rotatable bonds is 4. The van der Waals surface area contributed by atoms with E-state index in [0.717, 1.165) is 24.1 Å². The number of carbonyl (C=O) groups excluding carboxylic acids is 1. The molecule has 1 amide bonds. The van der Waals surface area contributed by atoms with Crippen LogP contribution in [0.4, 0.5) is 13.6 Å². The van der Waals surface area contributed by atoms with Gasteiger partial charge in [0.25, 0.3) is 6.43 Å². The highest BCUT2D eigenvalue weighted by Gasteiger charge is 2.33. The summed E-state index contributed by atoms with van der Waals surface area (Å²) in [5.74, 6) is 0.630. The molecule has 0 atom stereocenters. The predicted octanol–water partition coefficient (Wildman–Crippen LogP) is 5.86. The van der Waals surface area contributed by atoms with Crippen LogP contribution in [-0.2, 0) is 22.4 Å². The molecule has 180 valence electrons. The maximum absolute atomic E-state index is 13.4.